The second-order valence-electron chi connectivity index (χ2n) is 14.1. The number of unbranched alkanes of at least 4 members (excludes halogenated alkanes) is 20. The van der Waals surface area contributed by atoms with Gasteiger partial charge in [-0.3, -0.25) is 0 Å². The molecule has 0 amide bonds. The van der Waals surface area contributed by atoms with Crippen LogP contribution >= 0.6 is 21.6 Å². The molecule has 0 aromatic rings. The zero-order chi connectivity index (χ0) is 32.4. The Kier molecular flexibility index (Phi) is 37.0. The molecule has 0 bridgehead atoms. The van der Waals surface area contributed by atoms with Gasteiger partial charge in [0.15, 0.2) is 0 Å². The van der Waals surface area contributed by atoms with Gasteiger partial charge in [0.1, 0.15) is 0 Å². The summed E-state index contributed by atoms with van der Waals surface area (Å²) in [6.07, 6.45) is 39.8. The Labute approximate surface area is 288 Å². The molecule has 0 aliphatic carbocycles. The Balaban J connectivity index is 4.39. The third kappa shape index (κ3) is 30.0. The highest BCUT2D eigenvalue weighted by molar-refractivity contribution is 8.76. The molecule has 44 heavy (non-hydrogen) atoms. The van der Waals surface area contributed by atoms with Crippen LogP contribution in [0.3, 0.4) is 0 Å². The number of hydrogen-bond donors (Lipinski definition) is 0. The summed E-state index contributed by atoms with van der Waals surface area (Å²) in [5.41, 5.74) is 0. The van der Waals surface area contributed by atoms with Crippen LogP contribution in [0.4, 0.5) is 0 Å². The lowest BCUT2D eigenvalue weighted by atomic mass is 9.99. The van der Waals surface area contributed by atoms with Gasteiger partial charge in [0.25, 0.3) is 0 Å². The van der Waals surface area contributed by atoms with E-state index in [1.165, 1.54) is 204 Å². The first kappa shape index (κ1) is 44.6. The predicted octanol–water partition coefficient (Wildman–Crippen LogP) is 14.0. The molecule has 0 aliphatic rings. The minimum atomic E-state index is 0.800. The van der Waals surface area contributed by atoms with Crippen LogP contribution in [0.5, 0.6) is 0 Å². The van der Waals surface area contributed by atoms with E-state index < -0.39 is 0 Å². The van der Waals surface area contributed by atoms with Gasteiger partial charge < -0.3 is 9.80 Å². The zero-order valence-electron chi connectivity index (χ0n) is 31.5. The molecular formula is C40H84N2S2. The average Bonchev–Trinajstić information content (AvgIpc) is 3.03. The van der Waals surface area contributed by atoms with E-state index in [0.717, 1.165) is 12.1 Å². The topological polar surface area (TPSA) is 6.48 Å². The van der Waals surface area contributed by atoms with Crippen LogP contribution in [0.2, 0.25) is 0 Å². The van der Waals surface area contributed by atoms with Crippen molar-refractivity contribution in [1.82, 2.24) is 9.80 Å². The van der Waals surface area contributed by atoms with Gasteiger partial charge in [0.05, 0.1) is 0 Å². The number of nitrogens with zero attached hydrogens (tertiary/aromatic N) is 2. The Bertz CT molecular complexity index is 486. The fraction of sp³-hybridized carbons (Fsp3) is 1.00. The highest BCUT2D eigenvalue weighted by Crippen LogP contribution is 2.24. The maximum Gasteiger partial charge on any atom is 0.0165 e. The van der Waals surface area contributed by atoms with E-state index >= 15 is 0 Å². The third-order valence-electron chi connectivity index (χ3n) is 9.95. The van der Waals surface area contributed by atoms with Crippen molar-refractivity contribution in [2.75, 3.05) is 38.7 Å². The molecule has 0 saturated heterocycles. The van der Waals surface area contributed by atoms with E-state index in [2.05, 4.69) is 73.2 Å². The second-order valence-corrected chi connectivity index (χ2v) is 16.8. The summed E-state index contributed by atoms with van der Waals surface area (Å²) in [6, 6.07) is 1.60. The Hall–Kier alpha value is 0.620. The molecular weight excluding hydrogens is 573 g/mol. The van der Waals surface area contributed by atoms with E-state index in [4.69, 9.17) is 0 Å². The van der Waals surface area contributed by atoms with Gasteiger partial charge in [-0.2, -0.15) is 0 Å². The molecule has 0 saturated carbocycles. The van der Waals surface area contributed by atoms with E-state index in [-0.39, 0.29) is 0 Å². The Morgan fingerprint density at radius 2 is 0.568 bits per heavy atom. The minimum absolute atomic E-state index is 0.800. The monoisotopic (exact) mass is 657 g/mol. The van der Waals surface area contributed by atoms with Gasteiger partial charge in [-0.05, 0) is 39.8 Å². The molecule has 2 nitrogen and oxygen atoms in total. The average molecular weight is 657 g/mol. The maximum absolute atomic E-state index is 2.73. The molecule has 0 fully saturated rings. The fourth-order valence-electron chi connectivity index (χ4n) is 6.66. The van der Waals surface area contributed by atoms with Crippen LogP contribution in [-0.2, 0) is 0 Å². The van der Waals surface area contributed by atoms with E-state index in [0.29, 0.717) is 0 Å². The van der Waals surface area contributed by atoms with Crippen molar-refractivity contribution in [2.24, 2.45) is 0 Å². The molecule has 0 spiro atoms. The lowest BCUT2D eigenvalue weighted by Crippen LogP contribution is -2.34. The van der Waals surface area contributed by atoms with Crippen molar-refractivity contribution in [3.8, 4) is 0 Å². The molecule has 2 atom stereocenters. The first-order chi connectivity index (χ1) is 21.6. The first-order valence-electron chi connectivity index (χ1n) is 20.2. The van der Waals surface area contributed by atoms with Gasteiger partial charge in [0.2, 0.25) is 0 Å². The lowest BCUT2D eigenvalue weighted by Gasteiger charge is -2.29. The molecule has 0 N–H and O–H groups in total. The van der Waals surface area contributed by atoms with Crippen molar-refractivity contribution in [3.63, 3.8) is 0 Å². The molecule has 0 aromatic carbocycles. The van der Waals surface area contributed by atoms with E-state index in [9.17, 15) is 0 Å². The number of hydrogen-bond acceptors (Lipinski definition) is 4. The van der Waals surface area contributed by atoms with Gasteiger partial charge in [-0.15, -0.1) is 0 Å². The van der Waals surface area contributed by atoms with E-state index in [1.54, 1.807) is 0 Å². The Morgan fingerprint density at radius 1 is 0.341 bits per heavy atom. The zero-order valence-corrected chi connectivity index (χ0v) is 33.1. The van der Waals surface area contributed by atoms with Crippen LogP contribution in [0.15, 0.2) is 0 Å². The lowest BCUT2D eigenvalue weighted by molar-refractivity contribution is 0.221. The maximum atomic E-state index is 2.73. The van der Waals surface area contributed by atoms with Crippen LogP contribution < -0.4 is 0 Å². The summed E-state index contributed by atoms with van der Waals surface area (Å²) < 4.78 is 0. The molecule has 4 heteroatoms. The minimum Gasteiger partial charge on any atom is -0.303 e. The summed E-state index contributed by atoms with van der Waals surface area (Å²) in [6.45, 7) is 11.8. The smallest absolute Gasteiger partial charge is 0.0165 e. The highest BCUT2D eigenvalue weighted by Gasteiger charge is 2.16. The normalized spacial score (nSPS) is 13.4. The molecule has 2 unspecified atom stereocenters. The van der Waals surface area contributed by atoms with Crippen LogP contribution in [0, 0.1) is 0 Å². The largest absolute Gasteiger partial charge is 0.303 e. The first-order valence-corrected chi connectivity index (χ1v) is 22.7. The summed E-state index contributed by atoms with van der Waals surface area (Å²) in [4.78, 5) is 5.46. The van der Waals surface area contributed by atoms with Crippen LogP contribution in [-0.4, -0.2) is 60.6 Å². The molecule has 0 rings (SSSR count). The van der Waals surface area contributed by atoms with Crippen molar-refractivity contribution in [3.05, 3.63) is 0 Å². The summed E-state index contributed by atoms with van der Waals surface area (Å²) >= 11 is 0. The standard InChI is InChI=1S/C40H84N2S2/c1-7-11-15-19-21-25-29-33-39(31-27-23-17-13-9-3)41(5)35-37-43-44-38-36-42(6)40(32-28-24-18-14-10-4)34-30-26-22-20-16-12-8-2/h39-40H,7-38H2,1-6H3. The van der Waals surface area contributed by atoms with Crippen molar-refractivity contribution < 1.29 is 0 Å². The quantitative estimate of drug-likeness (QED) is 0.0484. The van der Waals surface area contributed by atoms with E-state index in [1.807, 2.05) is 0 Å². The van der Waals surface area contributed by atoms with Crippen molar-refractivity contribution >= 4 is 21.6 Å². The van der Waals surface area contributed by atoms with Crippen LogP contribution in [0.25, 0.3) is 0 Å². The number of rotatable bonds is 37. The Morgan fingerprint density at radius 3 is 0.818 bits per heavy atom. The molecule has 0 radical (unpaired) electrons. The van der Waals surface area contributed by atoms with Gasteiger partial charge in [-0.1, -0.05) is 203 Å². The second kappa shape index (κ2) is 36.5. The van der Waals surface area contributed by atoms with Crippen molar-refractivity contribution in [1.29, 1.82) is 0 Å². The SMILES string of the molecule is CCCCCCCCCC(CCCCCCC)N(C)CCSSCCN(C)C(CCCCCCC)CCCCCCCCC. The van der Waals surface area contributed by atoms with Crippen molar-refractivity contribution in [2.45, 2.75) is 220 Å². The molecule has 0 aromatic heterocycles. The molecule has 0 aliphatic heterocycles. The van der Waals surface area contributed by atoms with Gasteiger partial charge in [0, 0.05) is 36.7 Å². The highest BCUT2D eigenvalue weighted by atomic mass is 33.1. The predicted molar refractivity (Wildman–Crippen MR) is 210 cm³/mol. The third-order valence-corrected chi connectivity index (χ3v) is 12.3. The van der Waals surface area contributed by atoms with Crippen LogP contribution in [0.1, 0.15) is 207 Å². The molecule has 266 valence electrons. The summed E-state index contributed by atoms with van der Waals surface area (Å²) in [5.74, 6) is 2.54. The van der Waals surface area contributed by atoms with Gasteiger partial charge in [-0.25, -0.2) is 0 Å². The fourth-order valence-corrected chi connectivity index (χ4v) is 8.77. The summed E-state index contributed by atoms with van der Waals surface area (Å²) in [7, 11) is 9.11. The molecule has 0 heterocycles. The van der Waals surface area contributed by atoms with Gasteiger partial charge >= 0.3 is 0 Å². The summed E-state index contributed by atoms with van der Waals surface area (Å²) in [5, 5.41) is 0.